The van der Waals surface area contributed by atoms with E-state index in [-0.39, 0.29) is 5.91 Å². The van der Waals surface area contributed by atoms with Crippen LogP contribution >= 0.6 is 0 Å². The number of para-hydroxylation sites is 1. The lowest BCUT2D eigenvalue weighted by molar-refractivity contribution is -0.132. The highest BCUT2D eigenvalue weighted by atomic mass is 16.2. The maximum absolute atomic E-state index is 12.2. The van der Waals surface area contributed by atoms with Crippen molar-refractivity contribution in [3.05, 3.63) is 36.5 Å². The van der Waals surface area contributed by atoms with Crippen LogP contribution in [0.5, 0.6) is 0 Å². The fourth-order valence-electron chi connectivity index (χ4n) is 3.02. The summed E-state index contributed by atoms with van der Waals surface area (Å²) in [5.74, 6) is 0.707. The van der Waals surface area contributed by atoms with Gasteiger partial charge in [-0.3, -0.25) is 9.78 Å². The molecule has 1 amide bonds. The van der Waals surface area contributed by atoms with Gasteiger partial charge in [0.2, 0.25) is 5.91 Å². The van der Waals surface area contributed by atoms with E-state index in [4.69, 9.17) is 0 Å². The van der Waals surface area contributed by atoms with Crippen LogP contribution < -0.4 is 4.90 Å². The average Bonchev–Trinajstić information content (AvgIpc) is 2.54. The predicted molar refractivity (Wildman–Crippen MR) is 90.0 cm³/mol. The fraction of sp³-hybridized carbons (Fsp3) is 0.444. The molecule has 116 valence electrons. The number of amides is 1. The molecule has 0 N–H and O–H groups in total. The highest BCUT2D eigenvalue weighted by Crippen LogP contribution is 2.25. The van der Waals surface area contributed by atoms with Crippen LogP contribution in [-0.4, -0.2) is 42.0 Å². The molecule has 2 heterocycles. The quantitative estimate of drug-likeness (QED) is 0.874. The second-order valence-electron chi connectivity index (χ2n) is 6.32. The van der Waals surface area contributed by atoms with E-state index in [0.29, 0.717) is 12.3 Å². The summed E-state index contributed by atoms with van der Waals surface area (Å²) < 4.78 is 0. The van der Waals surface area contributed by atoms with Crippen molar-refractivity contribution in [1.82, 2.24) is 9.88 Å². The maximum atomic E-state index is 12.2. The molecule has 0 bridgehead atoms. The highest BCUT2D eigenvalue weighted by molar-refractivity contribution is 5.90. The second-order valence-corrected chi connectivity index (χ2v) is 6.32. The van der Waals surface area contributed by atoms with E-state index < -0.39 is 0 Å². The number of hydrogen-bond acceptors (Lipinski definition) is 3. The smallest absolute Gasteiger partial charge is 0.222 e. The van der Waals surface area contributed by atoms with Crippen LogP contribution in [0.2, 0.25) is 0 Å². The van der Waals surface area contributed by atoms with E-state index in [0.717, 1.165) is 31.7 Å². The molecule has 1 saturated heterocycles. The average molecular weight is 297 g/mol. The molecule has 0 saturated carbocycles. The zero-order chi connectivity index (χ0) is 15.5. The topological polar surface area (TPSA) is 36.4 Å². The summed E-state index contributed by atoms with van der Waals surface area (Å²) in [4.78, 5) is 21.0. The van der Waals surface area contributed by atoms with E-state index in [9.17, 15) is 4.79 Å². The molecule has 0 spiro atoms. The first-order valence-electron chi connectivity index (χ1n) is 8.01. The van der Waals surface area contributed by atoms with E-state index in [1.165, 1.54) is 11.1 Å². The number of piperazine rings is 1. The van der Waals surface area contributed by atoms with Gasteiger partial charge in [0.1, 0.15) is 0 Å². The Labute approximate surface area is 131 Å². The van der Waals surface area contributed by atoms with Crippen LogP contribution in [0.3, 0.4) is 0 Å². The van der Waals surface area contributed by atoms with Gasteiger partial charge in [0.25, 0.3) is 0 Å². The minimum absolute atomic E-state index is 0.283. The number of benzene rings is 1. The van der Waals surface area contributed by atoms with Crippen molar-refractivity contribution in [1.29, 1.82) is 0 Å². The van der Waals surface area contributed by atoms with Crippen molar-refractivity contribution in [2.24, 2.45) is 5.92 Å². The van der Waals surface area contributed by atoms with E-state index in [1.54, 1.807) is 0 Å². The van der Waals surface area contributed by atoms with Crippen molar-refractivity contribution in [2.45, 2.75) is 20.3 Å². The SMILES string of the molecule is CC(C)CC(=O)N1CCN(c2cccc3cccnc23)CC1. The van der Waals surface area contributed by atoms with Gasteiger partial charge in [-0.25, -0.2) is 0 Å². The molecule has 1 aromatic carbocycles. The third-order valence-electron chi connectivity index (χ3n) is 4.17. The summed E-state index contributed by atoms with van der Waals surface area (Å²) in [6, 6.07) is 10.4. The summed E-state index contributed by atoms with van der Waals surface area (Å²) in [6.07, 6.45) is 2.49. The number of fused-ring (bicyclic) bond motifs is 1. The molecule has 0 aliphatic carbocycles. The molecule has 4 heteroatoms. The van der Waals surface area contributed by atoms with Gasteiger partial charge in [-0.2, -0.15) is 0 Å². The third kappa shape index (κ3) is 3.06. The van der Waals surface area contributed by atoms with Gasteiger partial charge in [0.15, 0.2) is 0 Å². The Morgan fingerprint density at radius 3 is 2.59 bits per heavy atom. The van der Waals surface area contributed by atoms with Gasteiger partial charge in [-0.15, -0.1) is 0 Å². The van der Waals surface area contributed by atoms with Crippen LogP contribution in [0, 0.1) is 5.92 Å². The number of anilines is 1. The number of aromatic nitrogens is 1. The van der Waals surface area contributed by atoms with Crippen molar-refractivity contribution in [3.8, 4) is 0 Å². The van der Waals surface area contributed by atoms with E-state index in [1.807, 2.05) is 17.2 Å². The summed E-state index contributed by atoms with van der Waals surface area (Å²) >= 11 is 0. The zero-order valence-corrected chi connectivity index (χ0v) is 13.3. The second kappa shape index (κ2) is 6.34. The number of carbonyl (C=O) groups is 1. The fourth-order valence-corrected chi connectivity index (χ4v) is 3.02. The lowest BCUT2D eigenvalue weighted by Crippen LogP contribution is -2.49. The summed E-state index contributed by atoms with van der Waals surface area (Å²) in [7, 11) is 0. The van der Waals surface area contributed by atoms with Gasteiger partial charge in [-0.1, -0.05) is 32.0 Å². The number of pyridine rings is 1. The van der Waals surface area contributed by atoms with Gasteiger partial charge < -0.3 is 9.80 Å². The highest BCUT2D eigenvalue weighted by Gasteiger charge is 2.22. The Hall–Kier alpha value is -2.10. The number of rotatable bonds is 3. The molecular formula is C18H23N3O. The van der Waals surface area contributed by atoms with Crippen molar-refractivity contribution >= 4 is 22.5 Å². The van der Waals surface area contributed by atoms with Gasteiger partial charge in [0, 0.05) is 44.2 Å². The third-order valence-corrected chi connectivity index (χ3v) is 4.17. The molecule has 0 atom stereocenters. The first-order valence-corrected chi connectivity index (χ1v) is 8.01. The Kier molecular flexibility index (Phi) is 4.27. The standard InChI is InChI=1S/C18H23N3O/c1-14(2)13-17(22)21-11-9-20(10-12-21)16-7-3-5-15-6-4-8-19-18(15)16/h3-8,14H,9-13H2,1-2H3. The van der Waals surface area contributed by atoms with E-state index >= 15 is 0 Å². The largest absolute Gasteiger partial charge is 0.366 e. The van der Waals surface area contributed by atoms with Crippen LogP contribution in [0.1, 0.15) is 20.3 Å². The van der Waals surface area contributed by atoms with Crippen molar-refractivity contribution < 1.29 is 4.79 Å². The maximum Gasteiger partial charge on any atom is 0.222 e. The molecule has 4 nitrogen and oxygen atoms in total. The molecule has 22 heavy (non-hydrogen) atoms. The molecule has 0 radical (unpaired) electrons. The Balaban J connectivity index is 1.72. The predicted octanol–water partition coefficient (Wildman–Crippen LogP) is 2.93. The molecule has 1 aromatic heterocycles. The summed E-state index contributed by atoms with van der Waals surface area (Å²) in [5.41, 5.74) is 2.22. The molecule has 1 fully saturated rings. The van der Waals surface area contributed by atoms with Gasteiger partial charge in [0.05, 0.1) is 11.2 Å². The summed E-state index contributed by atoms with van der Waals surface area (Å²) in [6.45, 7) is 7.54. The van der Waals surface area contributed by atoms with Gasteiger partial charge >= 0.3 is 0 Å². The van der Waals surface area contributed by atoms with Gasteiger partial charge in [-0.05, 0) is 18.1 Å². The van der Waals surface area contributed by atoms with Crippen molar-refractivity contribution in [3.63, 3.8) is 0 Å². The molecule has 3 rings (SSSR count). The first-order chi connectivity index (χ1) is 10.6. The van der Waals surface area contributed by atoms with Crippen LogP contribution in [0.15, 0.2) is 36.5 Å². The summed E-state index contributed by atoms with van der Waals surface area (Å²) in [5, 5.41) is 1.17. The van der Waals surface area contributed by atoms with Crippen LogP contribution in [0.25, 0.3) is 10.9 Å². The molecule has 0 unspecified atom stereocenters. The normalized spacial score (nSPS) is 15.6. The van der Waals surface area contributed by atoms with E-state index in [2.05, 4.69) is 48.0 Å². The minimum atomic E-state index is 0.283. The minimum Gasteiger partial charge on any atom is -0.366 e. The van der Waals surface area contributed by atoms with Crippen molar-refractivity contribution in [2.75, 3.05) is 31.1 Å². The first kappa shape index (κ1) is 14.8. The Morgan fingerprint density at radius 1 is 1.14 bits per heavy atom. The lowest BCUT2D eigenvalue weighted by atomic mass is 10.1. The van der Waals surface area contributed by atoms with Crippen LogP contribution in [0.4, 0.5) is 5.69 Å². The number of carbonyl (C=O) groups excluding carboxylic acids is 1. The number of hydrogen-bond donors (Lipinski definition) is 0. The molecular weight excluding hydrogens is 274 g/mol. The van der Waals surface area contributed by atoms with Crippen LogP contribution in [-0.2, 0) is 4.79 Å². The monoisotopic (exact) mass is 297 g/mol. The lowest BCUT2D eigenvalue weighted by Gasteiger charge is -2.36. The Morgan fingerprint density at radius 2 is 1.86 bits per heavy atom. The molecule has 1 aliphatic heterocycles. The molecule has 2 aromatic rings. The Bertz CT molecular complexity index is 655. The molecule has 1 aliphatic rings. The zero-order valence-electron chi connectivity index (χ0n) is 13.3. The number of nitrogens with zero attached hydrogens (tertiary/aromatic N) is 3.